The van der Waals surface area contributed by atoms with Crippen molar-refractivity contribution < 1.29 is 8.42 Å². The Kier molecular flexibility index (Phi) is 6.18. The van der Waals surface area contributed by atoms with Crippen LogP contribution in [0.3, 0.4) is 0 Å². The second kappa shape index (κ2) is 7.28. The van der Waals surface area contributed by atoms with Gasteiger partial charge in [0.05, 0.1) is 10.1 Å². The summed E-state index contributed by atoms with van der Waals surface area (Å²) >= 11 is 0. The molecule has 2 nitrogen and oxygen atoms in total. The van der Waals surface area contributed by atoms with Crippen LogP contribution in [0.2, 0.25) is 0 Å². The summed E-state index contributed by atoms with van der Waals surface area (Å²) in [5.74, 6) is 0.281. The van der Waals surface area contributed by atoms with Crippen LogP contribution in [0.15, 0.2) is 54.5 Å². The maximum atomic E-state index is 12.7. The monoisotopic (exact) mass is 320 g/mol. The quantitative estimate of drug-likeness (QED) is 0.666. The fourth-order valence-corrected chi connectivity index (χ4v) is 4.12. The van der Waals surface area contributed by atoms with E-state index in [1.807, 2.05) is 25.1 Å². The van der Waals surface area contributed by atoms with Gasteiger partial charge in [0.1, 0.15) is 0 Å². The Morgan fingerprint density at radius 1 is 1.05 bits per heavy atom. The van der Waals surface area contributed by atoms with Crippen molar-refractivity contribution >= 4 is 9.84 Å². The Morgan fingerprint density at radius 2 is 1.59 bits per heavy atom. The molecule has 1 aromatic rings. The summed E-state index contributed by atoms with van der Waals surface area (Å²) in [5, 5.41) is -0.556. The van der Waals surface area contributed by atoms with Crippen molar-refractivity contribution in [1.82, 2.24) is 0 Å². The predicted molar refractivity (Wildman–Crippen MR) is 94.7 cm³/mol. The number of benzene rings is 1. The highest BCUT2D eigenvalue weighted by atomic mass is 32.2. The van der Waals surface area contributed by atoms with Crippen LogP contribution < -0.4 is 0 Å². The topological polar surface area (TPSA) is 34.1 Å². The highest BCUT2D eigenvalue weighted by molar-refractivity contribution is 7.92. The lowest BCUT2D eigenvalue weighted by atomic mass is 9.78. The molecule has 0 aliphatic heterocycles. The zero-order valence-electron chi connectivity index (χ0n) is 14.2. The van der Waals surface area contributed by atoms with Gasteiger partial charge in [0.25, 0.3) is 0 Å². The van der Waals surface area contributed by atoms with Crippen LogP contribution in [0.4, 0.5) is 0 Å². The van der Waals surface area contributed by atoms with E-state index in [9.17, 15) is 8.42 Å². The Balaban J connectivity index is 2.93. The fourth-order valence-electron chi connectivity index (χ4n) is 2.55. The molecule has 22 heavy (non-hydrogen) atoms. The SMILES string of the molecule is C=CC(CCC(C=C)S(=O)(=O)c1ccc(C)cc1)C(C)(C)C. The van der Waals surface area contributed by atoms with E-state index in [1.165, 1.54) is 0 Å². The summed E-state index contributed by atoms with van der Waals surface area (Å²) in [7, 11) is -3.37. The maximum absolute atomic E-state index is 12.7. The number of allylic oxidation sites excluding steroid dienone is 1. The molecule has 0 fully saturated rings. The standard InChI is InChI=1S/C19H28O2S/c1-7-16(19(4,5)6)11-14-17(8-2)22(20,21)18-12-9-15(3)10-13-18/h7-10,12-13,16-17H,1-2,11,14H2,3-6H3. The first-order chi connectivity index (χ1) is 10.1. The average Bonchev–Trinajstić information content (AvgIpc) is 2.42. The molecule has 0 heterocycles. The van der Waals surface area contributed by atoms with Crippen molar-refractivity contribution in [3.63, 3.8) is 0 Å². The highest BCUT2D eigenvalue weighted by Crippen LogP contribution is 2.32. The van der Waals surface area contributed by atoms with Gasteiger partial charge in [-0.1, -0.05) is 50.6 Å². The van der Waals surface area contributed by atoms with E-state index in [0.717, 1.165) is 12.0 Å². The summed E-state index contributed by atoms with van der Waals surface area (Å²) < 4.78 is 25.5. The van der Waals surface area contributed by atoms with E-state index < -0.39 is 15.1 Å². The number of rotatable bonds is 7. The van der Waals surface area contributed by atoms with Gasteiger partial charge in [-0.15, -0.1) is 13.2 Å². The minimum atomic E-state index is -3.37. The molecule has 0 aromatic heterocycles. The van der Waals surface area contributed by atoms with Gasteiger partial charge in [-0.2, -0.15) is 0 Å². The highest BCUT2D eigenvalue weighted by Gasteiger charge is 2.28. The molecular formula is C19H28O2S. The second-order valence-corrected chi connectivity index (χ2v) is 9.08. The molecule has 1 rings (SSSR count). The molecule has 2 atom stereocenters. The first-order valence-corrected chi connectivity index (χ1v) is 9.23. The van der Waals surface area contributed by atoms with E-state index in [1.54, 1.807) is 18.2 Å². The molecule has 0 N–H and O–H groups in total. The smallest absolute Gasteiger partial charge is 0.184 e. The molecule has 0 saturated heterocycles. The van der Waals surface area contributed by atoms with Gasteiger partial charge in [0.15, 0.2) is 9.84 Å². The van der Waals surface area contributed by atoms with Crippen molar-refractivity contribution in [1.29, 1.82) is 0 Å². The average molecular weight is 320 g/mol. The predicted octanol–water partition coefficient (Wildman–Crippen LogP) is 4.95. The molecule has 0 aliphatic rings. The molecule has 0 radical (unpaired) electrons. The van der Waals surface area contributed by atoms with Crippen molar-refractivity contribution in [2.75, 3.05) is 0 Å². The van der Waals surface area contributed by atoms with Crippen LogP contribution >= 0.6 is 0 Å². The summed E-state index contributed by atoms with van der Waals surface area (Å²) in [5.41, 5.74) is 1.13. The van der Waals surface area contributed by atoms with Crippen molar-refractivity contribution in [3.8, 4) is 0 Å². The van der Waals surface area contributed by atoms with Gasteiger partial charge in [0, 0.05) is 0 Å². The third kappa shape index (κ3) is 4.57. The third-order valence-corrected chi connectivity index (χ3v) is 6.32. The number of sulfone groups is 1. The van der Waals surface area contributed by atoms with Crippen LogP contribution in [0.5, 0.6) is 0 Å². The summed E-state index contributed by atoms with van der Waals surface area (Å²) in [6.45, 7) is 16.0. The second-order valence-electron chi connectivity index (χ2n) is 6.92. The van der Waals surface area contributed by atoms with E-state index in [2.05, 4.69) is 33.9 Å². The first kappa shape index (κ1) is 18.7. The van der Waals surface area contributed by atoms with Crippen molar-refractivity contribution in [2.24, 2.45) is 11.3 Å². The van der Waals surface area contributed by atoms with E-state index in [0.29, 0.717) is 11.3 Å². The van der Waals surface area contributed by atoms with Crippen molar-refractivity contribution in [2.45, 2.75) is 50.7 Å². The van der Waals surface area contributed by atoms with Gasteiger partial charge in [-0.05, 0) is 43.2 Å². The number of hydrogen-bond acceptors (Lipinski definition) is 2. The largest absolute Gasteiger partial charge is 0.223 e. The molecule has 3 heteroatoms. The molecule has 0 bridgehead atoms. The summed E-state index contributed by atoms with van der Waals surface area (Å²) in [6.07, 6.45) is 4.83. The lowest BCUT2D eigenvalue weighted by molar-refractivity contribution is 0.274. The van der Waals surface area contributed by atoms with Crippen LogP contribution in [-0.4, -0.2) is 13.7 Å². The molecular weight excluding hydrogens is 292 g/mol. The van der Waals surface area contributed by atoms with E-state index >= 15 is 0 Å². The Labute approximate surface area is 135 Å². The van der Waals surface area contributed by atoms with Gasteiger partial charge in [-0.3, -0.25) is 0 Å². The van der Waals surface area contributed by atoms with Gasteiger partial charge in [0.2, 0.25) is 0 Å². The molecule has 0 aliphatic carbocycles. The molecule has 0 spiro atoms. The molecule has 0 amide bonds. The summed E-state index contributed by atoms with van der Waals surface area (Å²) in [4.78, 5) is 0.369. The van der Waals surface area contributed by atoms with Gasteiger partial charge in [-0.25, -0.2) is 8.42 Å². The molecule has 0 saturated carbocycles. The Morgan fingerprint density at radius 3 is 2.00 bits per heavy atom. The molecule has 1 aromatic carbocycles. The summed E-state index contributed by atoms with van der Waals surface area (Å²) in [6, 6.07) is 7.01. The lowest BCUT2D eigenvalue weighted by Gasteiger charge is -2.29. The Hall–Kier alpha value is -1.35. The molecule has 122 valence electrons. The van der Waals surface area contributed by atoms with Crippen molar-refractivity contribution in [3.05, 3.63) is 55.1 Å². The zero-order valence-corrected chi connectivity index (χ0v) is 15.0. The first-order valence-electron chi connectivity index (χ1n) is 7.68. The minimum absolute atomic E-state index is 0.0844. The van der Waals surface area contributed by atoms with Crippen LogP contribution in [0, 0.1) is 18.3 Å². The van der Waals surface area contributed by atoms with Crippen LogP contribution in [-0.2, 0) is 9.84 Å². The third-order valence-electron chi connectivity index (χ3n) is 4.17. The minimum Gasteiger partial charge on any atom is -0.223 e. The van der Waals surface area contributed by atoms with Crippen LogP contribution in [0.25, 0.3) is 0 Å². The molecule has 2 unspecified atom stereocenters. The van der Waals surface area contributed by atoms with E-state index in [-0.39, 0.29) is 11.3 Å². The maximum Gasteiger partial charge on any atom is 0.184 e. The number of aryl methyl sites for hydroxylation is 1. The number of hydrogen-bond donors (Lipinski definition) is 0. The fraction of sp³-hybridized carbons (Fsp3) is 0.474. The Bertz CT molecular complexity index is 604. The normalized spacial score (nSPS) is 15.1. The van der Waals surface area contributed by atoms with E-state index in [4.69, 9.17) is 0 Å². The van der Waals surface area contributed by atoms with Crippen LogP contribution in [0.1, 0.15) is 39.2 Å². The van der Waals surface area contributed by atoms with Gasteiger partial charge >= 0.3 is 0 Å². The zero-order chi connectivity index (χ0) is 17.0. The lowest BCUT2D eigenvalue weighted by Crippen LogP contribution is -2.24. The van der Waals surface area contributed by atoms with Gasteiger partial charge < -0.3 is 0 Å².